The van der Waals surface area contributed by atoms with Crippen LogP contribution in [0.2, 0.25) is 5.02 Å². The Balaban J connectivity index is 1.63. The van der Waals surface area contributed by atoms with E-state index in [-0.39, 0.29) is 24.6 Å². The first-order valence-electron chi connectivity index (χ1n) is 8.00. The van der Waals surface area contributed by atoms with Gasteiger partial charge in [-0.25, -0.2) is 4.39 Å². The Labute approximate surface area is 170 Å². The van der Waals surface area contributed by atoms with Crippen LogP contribution >= 0.6 is 35.6 Å². The molecule has 1 N–H and O–H groups in total. The predicted molar refractivity (Wildman–Crippen MR) is 111 cm³/mol. The number of carbonyl (C=O) groups excluding carboxylic acids is 2. The fourth-order valence-electron chi connectivity index (χ4n) is 2.41. The standard InChI is InChI=1S/C19H14ClFN2O2S2/c20-13-6-2-1-5-12(13)11-16-18(25)23(19(26)27-16)10-9-17(24)22-15-8-4-3-7-14(15)21/h1-8,11H,9-10H2,(H,22,24)/b16-11-. The van der Waals surface area contributed by atoms with Crippen LogP contribution in [0.25, 0.3) is 6.08 Å². The summed E-state index contributed by atoms with van der Waals surface area (Å²) < 4.78 is 14.0. The van der Waals surface area contributed by atoms with Gasteiger partial charge in [0.25, 0.3) is 5.91 Å². The van der Waals surface area contributed by atoms with Crippen LogP contribution in [0.5, 0.6) is 0 Å². The number of amides is 2. The lowest BCUT2D eigenvalue weighted by atomic mass is 10.2. The largest absolute Gasteiger partial charge is 0.324 e. The normalized spacial score (nSPS) is 15.5. The summed E-state index contributed by atoms with van der Waals surface area (Å²) in [5, 5.41) is 3.02. The number of halogens is 2. The molecular formula is C19H14ClFN2O2S2. The van der Waals surface area contributed by atoms with Crippen LogP contribution < -0.4 is 5.32 Å². The highest BCUT2D eigenvalue weighted by atomic mass is 35.5. The molecular weight excluding hydrogens is 407 g/mol. The molecule has 0 atom stereocenters. The Morgan fingerprint density at radius 2 is 1.93 bits per heavy atom. The van der Waals surface area contributed by atoms with E-state index in [9.17, 15) is 14.0 Å². The zero-order valence-electron chi connectivity index (χ0n) is 13.9. The van der Waals surface area contributed by atoms with Crippen molar-refractivity contribution >= 4 is 63.5 Å². The third-order valence-corrected chi connectivity index (χ3v) is 5.50. The summed E-state index contributed by atoms with van der Waals surface area (Å²) in [6, 6.07) is 13.1. The lowest BCUT2D eigenvalue weighted by Crippen LogP contribution is -2.31. The second-order valence-corrected chi connectivity index (χ2v) is 7.72. The van der Waals surface area contributed by atoms with Crippen molar-refractivity contribution < 1.29 is 14.0 Å². The van der Waals surface area contributed by atoms with E-state index in [2.05, 4.69) is 5.32 Å². The molecule has 3 rings (SSSR count). The van der Waals surface area contributed by atoms with Crippen molar-refractivity contribution in [1.29, 1.82) is 0 Å². The van der Waals surface area contributed by atoms with E-state index >= 15 is 0 Å². The first kappa shape index (κ1) is 19.5. The van der Waals surface area contributed by atoms with Gasteiger partial charge in [0.2, 0.25) is 5.91 Å². The molecule has 0 saturated carbocycles. The molecule has 1 heterocycles. The first-order chi connectivity index (χ1) is 13.0. The Bertz CT molecular complexity index is 949. The highest BCUT2D eigenvalue weighted by Gasteiger charge is 2.32. The van der Waals surface area contributed by atoms with Crippen molar-refractivity contribution in [2.75, 3.05) is 11.9 Å². The number of carbonyl (C=O) groups is 2. The van der Waals surface area contributed by atoms with Crippen LogP contribution in [0, 0.1) is 5.82 Å². The zero-order valence-corrected chi connectivity index (χ0v) is 16.3. The van der Waals surface area contributed by atoms with E-state index in [1.807, 2.05) is 6.07 Å². The molecule has 0 radical (unpaired) electrons. The van der Waals surface area contributed by atoms with Gasteiger partial charge in [-0.15, -0.1) is 0 Å². The number of rotatable bonds is 5. The quantitative estimate of drug-likeness (QED) is 0.562. The Hall–Kier alpha value is -2.22. The molecule has 1 aliphatic rings. The van der Waals surface area contributed by atoms with Crippen LogP contribution in [0.15, 0.2) is 53.4 Å². The van der Waals surface area contributed by atoms with Gasteiger partial charge in [0.05, 0.1) is 10.6 Å². The summed E-state index contributed by atoms with van der Waals surface area (Å²) in [7, 11) is 0. The van der Waals surface area contributed by atoms with Gasteiger partial charge in [-0.3, -0.25) is 14.5 Å². The maximum absolute atomic E-state index is 13.6. The molecule has 1 saturated heterocycles. The molecule has 1 aliphatic heterocycles. The van der Waals surface area contributed by atoms with Gasteiger partial charge in [-0.2, -0.15) is 0 Å². The van der Waals surface area contributed by atoms with Gasteiger partial charge >= 0.3 is 0 Å². The smallest absolute Gasteiger partial charge is 0.266 e. The minimum absolute atomic E-state index is 0.000146. The van der Waals surface area contributed by atoms with Gasteiger partial charge in [0.15, 0.2) is 0 Å². The van der Waals surface area contributed by atoms with Crippen molar-refractivity contribution in [3.8, 4) is 0 Å². The van der Waals surface area contributed by atoms with E-state index in [1.54, 1.807) is 30.3 Å². The van der Waals surface area contributed by atoms with Crippen LogP contribution in [0.3, 0.4) is 0 Å². The number of benzene rings is 2. The lowest BCUT2D eigenvalue weighted by molar-refractivity contribution is -0.122. The molecule has 138 valence electrons. The van der Waals surface area contributed by atoms with Gasteiger partial charge < -0.3 is 5.32 Å². The van der Waals surface area contributed by atoms with Crippen LogP contribution in [-0.4, -0.2) is 27.6 Å². The molecule has 0 bridgehead atoms. The van der Waals surface area contributed by atoms with E-state index in [0.717, 1.165) is 17.3 Å². The Morgan fingerprint density at radius 1 is 1.22 bits per heavy atom. The second kappa shape index (κ2) is 8.65. The summed E-state index contributed by atoms with van der Waals surface area (Å²) in [4.78, 5) is 26.4. The monoisotopic (exact) mass is 420 g/mol. The van der Waals surface area contributed by atoms with Crippen molar-refractivity contribution in [2.24, 2.45) is 0 Å². The van der Waals surface area contributed by atoms with Crippen molar-refractivity contribution in [1.82, 2.24) is 4.90 Å². The number of anilines is 1. The third-order valence-electron chi connectivity index (χ3n) is 3.78. The fourth-order valence-corrected chi connectivity index (χ4v) is 3.90. The molecule has 0 unspecified atom stereocenters. The molecule has 2 aromatic carbocycles. The fraction of sp³-hybridized carbons (Fsp3) is 0.105. The van der Waals surface area contributed by atoms with Crippen molar-refractivity contribution in [3.05, 3.63) is 69.8 Å². The van der Waals surface area contributed by atoms with E-state index < -0.39 is 11.7 Å². The molecule has 0 aromatic heterocycles. The summed E-state index contributed by atoms with van der Waals surface area (Å²) in [5.74, 6) is -1.19. The Kier molecular flexibility index (Phi) is 6.26. The lowest BCUT2D eigenvalue weighted by Gasteiger charge is -2.14. The first-order valence-corrected chi connectivity index (χ1v) is 9.60. The summed E-state index contributed by atoms with van der Waals surface area (Å²) in [6.07, 6.45) is 1.68. The highest BCUT2D eigenvalue weighted by Crippen LogP contribution is 2.33. The molecule has 2 amide bonds. The van der Waals surface area contributed by atoms with Crippen LogP contribution in [0.1, 0.15) is 12.0 Å². The van der Waals surface area contributed by atoms with E-state index in [1.165, 1.54) is 23.1 Å². The zero-order chi connectivity index (χ0) is 19.4. The van der Waals surface area contributed by atoms with E-state index in [0.29, 0.717) is 14.2 Å². The molecule has 4 nitrogen and oxygen atoms in total. The maximum atomic E-state index is 13.6. The molecule has 0 spiro atoms. The maximum Gasteiger partial charge on any atom is 0.266 e. The second-order valence-electron chi connectivity index (χ2n) is 5.63. The SMILES string of the molecule is O=C(CCN1C(=O)/C(=C/c2ccccc2Cl)SC1=S)Nc1ccccc1F. The predicted octanol–water partition coefficient (Wildman–Crippen LogP) is 4.71. The topological polar surface area (TPSA) is 49.4 Å². The van der Waals surface area contributed by atoms with Crippen LogP contribution in [0.4, 0.5) is 10.1 Å². The molecule has 2 aromatic rings. The van der Waals surface area contributed by atoms with Gasteiger partial charge in [0.1, 0.15) is 10.1 Å². The molecule has 8 heteroatoms. The molecule has 0 aliphatic carbocycles. The van der Waals surface area contributed by atoms with Crippen LogP contribution in [-0.2, 0) is 9.59 Å². The highest BCUT2D eigenvalue weighted by molar-refractivity contribution is 8.26. The summed E-state index contributed by atoms with van der Waals surface area (Å²) in [6.45, 7) is 0.116. The van der Waals surface area contributed by atoms with Gasteiger partial charge in [-0.1, -0.05) is 65.9 Å². The number of hydrogen-bond acceptors (Lipinski definition) is 4. The average molecular weight is 421 g/mol. The minimum atomic E-state index is -0.515. The summed E-state index contributed by atoms with van der Waals surface area (Å²) >= 11 is 12.5. The van der Waals surface area contributed by atoms with Gasteiger partial charge in [-0.05, 0) is 29.8 Å². The van der Waals surface area contributed by atoms with Crippen molar-refractivity contribution in [3.63, 3.8) is 0 Å². The number of thioether (sulfide) groups is 1. The van der Waals surface area contributed by atoms with Gasteiger partial charge in [0, 0.05) is 18.0 Å². The molecule has 27 heavy (non-hydrogen) atoms. The minimum Gasteiger partial charge on any atom is -0.324 e. The number of nitrogens with zero attached hydrogens (tertiary/aromatic N) is 1. The summed E-state index contributed by atoms with van der Waals surface area (Å²) in [5.41, 5.74) is 0.823. The number of nitrogens with one attached hydrogen (secondary N) is 1. The Morgan fingerprint density at radius 3 is 2.67 bits per heavy atom. The van der Waals surface area contributed by atoms with Crippen molar-refractivity contribution in [2.45, 2.75) is 6.42 Å². The number of thiocarbonyl (C=S) groups is 1. The average Bonchev–Trinajstić information content (AvgIpc) is 2.90. The van der Waals surface area contributed by atoms with E-state index in [4.69, 9.17) is 23.8 Å². The third kappa shape index (κ3) is 4.74. The number of para-hydroxylation sites is 1. The molecule has 1 fully saturated rings. The number of hydrogen-bond donors (Lipinski definition) is 1.